The molecule has 0 fully saturated rings. The predicted molar refractivity (Wildman–Crippen MR) is 186 cm³/mol. The number of methoxy groups -OCH3 is 1. The molecule has 8 nitrogen and oxygen atoms in total. The van der Waals surface area contributed by atoms with Gasteiger partial charge in [0, 0.05) is 43.3 Å². The quantitative estimate of drug-likeness (QED) is 0.142. The number of carbonyl (C=O) groups is 1. The molecule has 0 aliphatic carbocycles. The summed E-state index contributed by atoms with van der Waals surface area (Å²) in [5.74, 6) is 0.378. The monoisotopic (exact) mass is 698 g/mol. The van der Waals surface area contributed by atoms with E-state index in [2.05, 4.69) is 21.7 Å². The Kier molecular flexibility index (Phi) is 13.8. The highest BCUT2D eigenvalue weighted by atomic mass is 35.5. The van der Waals surface area contributed by atoms with Crippen LogP contribution in [0.15, 0.2) is 85.3 Å². The lowest BCUT2D eigenvalue weighted by atomic mass is 9.97. The zero-order valence-electron chi connectivity index (χ0n) is 26.8. The number of ether oxygens (including phenoxy) is 1. The summed E-state index contributed by atoms with van der Waals surface area (Å²) in [5, 5.41) is 15.6. The number of halogens is 4. The van der Waals surface area contributed by atoms with Gasteiger partial charge in [0.2, 0.25) is 5.91 Å². The number of nitrogens with one attached hydrogen (secondary N) is 2. The fraction of sp³-hybridized carbons (Fsp3) is 0.314. The molecule has 0 unspecified atom stereocenters. The van der Waals surface area contributed by atoms with E-state index in [-0.39, 0.29) is 54.4 Å². The molecule has 3 aromatic carbocycles. The Labute approximate surface area is 290 Å². The predicted octanol–water partition coefficient (Wildman–Crippen LogP) is 7.22. The average Bonchev–Trinajstić information content (AvgIpc) is 3.49. The number of hydrogen-bond acceptors (Lipinski definition) is 5. The molecule has 1 aromatic heterocycles. The summed E-state index contributed by atoms with van der Waals surface area (Å²) in [6.45, 7) is 4.49. The first-order chi connectivity index (χ1) is 22.5. The molecule has 0 bridgehead atoms. The van der Waals surface area contributed by atoms with Crippen LogP contribution in [0.25, 0.3) is 0 Å². The number of aromatic nitrogens is 2. The summed E-state index contributed by atoms with van der Waals surface area (Å²) in [4.78, 5) is 19.4. The van der Waals surface area contributed by atoms with E-state index in [4.69, 9.17) is 22.2 Å². The van der Waals surface area contributed by atoms with Gasteiger partial charge >= 0.3 is 6.18 Å². The van der Waals surface area contributed by atoms with Gasteiger partial charge in [-0.25, -0.2) is 4.98 Å². The van der Waals surface area contributed by atoms with E-state index in [1.165, 1.54) is 12.1 Å². The number of amides is 1. The summed E-state index contributed by atoms with van der Waals surface area (Å²) < 4.78 is 49.0. The van der Waals surface area contributed by atoms with Crippen molar-refractivity contribution in [3.05, 3.63) is 113 Å². The smallest absolute Gasteiger partial charge is 0.416 e. The second kappa shape index (κ2) is 17.5. The van der Waals surface area contributed by atoms with E-state index in [1.807, 2.05) is 30.5 Å². The maximum absolute atomic E-state index is 14.0. The van der Waals surface area contributed by atoms with Crippen LogP contribution in [0.5, 0.6) is 5.75 Å². The second-order valence-electron chi connectivity index (χ2n) is 11.3. The van der Waals surface area contributed by atoms with Crippen LogP contribution < -0.4 is 15.4 Å². The topological polar surface area (TPSA) is 95.2 Å². The third-order valence-corrected chi connectivity index (χ3v) is 8.34. The van der Waals surface area contributed by atoms with Crippen molar-refractivity contribution in [1.29, 1.82) is 5.26 Å². The minimum atomic E-state index is -4.54. The minimum absolute atomic E-state index is 0. The summed E-state index contributed by atoms with van der Waals surface area (Å²) >= 11 is 5.76. The van der Waals surface area contributed by atoms with Gasteiger partial charge in [0.25, 0.3) is 0 Å². The second-order valence-corrected chi connectivity index (χ2v) is 11.6. The van der Waals surface area contributed by atoms with Gasteiger partial charge in [-0.1, -0.05) is 50.6 Å². The number of thiocarbonyl (C=S) groups is 1. The van der Waals surface area contributed by atoms with E-state index < -0.39 is 17.8 Å². The van der Waals surface area contributed by atoms with Crippen molar-refractivity contribution in [3.8, 4) is 11.8 Å². The molecule has 254 valence electrons. The number of benzene rings is 3. The molecule has 4 rings (SSSR count). The van der Waals surface area contributed by atoms with Crippen molar-refractivity contribution in [3.63, 3.8) is 0 Å². The van der Waals surface area contributed by atoms with Crippen LogP contribution in [0.2, 0.25) is 0 Å². The van der Waals surface area contributed by atoms with Crippen LogP contribution in [0.1, 0.15) is 48.2 Å². The Morgan fingerprint density at radius 2 is 1.79 bits per heavy atom. The maximum atomic E-state index is 14.0. The van der Waals surface area contributed by atoms with Gasteiger partial charge in [-0.15, -0.1) is 12.4 Å². The first-order valence-corrected chi connectivity index (χ1v) is 15.5. The molecule has 0 aliphatic rings. The molecule has 4 aromatic rings. The lowest BCUT2D eigenvalue weighted by Crippen LogP contribution is -2.50. The van der Waals surface area contributed by atoms with Crippen molar-refractivity contribution in [2.24, 2.45) is 5.92 Å². The van der Waals surface area contributed by atoms with Gasteiger partial charge in [-0.2, -0.15) is 18.4 Å². The first kappa shape index (κ1) is 37.9. The van der Waals surface area contributed by atoms with Crippen molar-refractivity contribution in [2.75, 3.05) is 19.0 Å². The van der Waals surface area contributed by atoms with Crippen molar-refractivity contribution >= 4 is 41.3 Å². The van der Waals surface area contributed by atoms with Crippen LogP contribution in [0, 0.1) is 17.2 Å². The van der Waals surface area contributed by atoms with Crippen LogP contribution in [0.3, 0.4) is 0 Å². The van der Waals surface area contributed by atoms with Gasteiger partial charge in [-0.05, 0) is 71.7 Å². The number of hydrogen-bond donors (Lipinski definition) is 2. The third-order valence-electron chi connectivity index (χ3n) is 7.98. The van der Waals surface area contributed by atoms with Crippen molar-refractivity contribution in [2.45, 2.75) is 52.0 Å². The molecule has 0 spiro atoms. The van der Waals surface area contributed by atoms with Crippen LogP contribution in [-0.4, -0.2) is 45.2 Å². The Bertz CT molecular complexity index is 1690. The number of carbonyl (C=O) groups excluding carboxylic acids is 1. The third kappa shape index (κ3) is 10.5. The van der Waals surface area contributed by atoms with Crippen LogP contribution >= 0.6 is 24.6 Å². The first-order valence-electron chi connectivity index (χ1n) is 15.1. The van der Waals surface area contributed by atoms with Gasteiger partial charge < -0.3 is 24.8 Å². The SMILES string of the molecule is CC[C@H](C)[C@@H](CN(Cc1ccccc1C(F)(F)F)C(=S)Nc1ccc(OC)cc1)NC(=O)Cc1cncn1Cc1ccc(C#N)cc1.Cl. The summed E-state index contributed by atoms with van der Waals surface area (Å²) in [6.07, 6.45) is -0.494. The van der Waals surface area contributed by atoms with Gasteiger partial charge in [0.15, 0.2) is 5.11 Å². The standard InChI is InChI=1S/C35H37F3N6O2S.ClH/c1-4-24(2)32(42-33(45)17-29-19-40-23-44(29)20-26-11-9-25(18-39)10-12-26)22-43(21-27-7-5-6-8-31(27)35(36,37)38)34(47)41-28-13-15-30(46-3)16-14-28;/h5-16,19,23-24,32H,4,17,20-22H2,1-3H3,(H,41,47)(H,42,45);1H/t24-,32+;/m0./s1. The van der Waals surface area contributed by atoms with E-state index in [1.54, 1.807) is 67.0 Å². The zero-order valence-corrected chi connectivity index (χ0v) is 28.5. The van der Waals surface area contributed by atoms with Gasteiger partial charge in [-0.3, -0.25) is 4.79 Å². The lowest BCUT2D eigenvalue weighted by Gasteiger charge is -2.34. The van der Waals surface area contributed by atoms with Gasteiger partial charge in [0.1, 0.15) is 5.75 Å². The number of anilines is 1. The molecule has 48 heavy (non-hydrogen) atoms. The fourth-order valence-electron chi connectivity index (χ4n) is 5.07. The highest BCUT2D eigenvalue weighted by Gasteiger charge is 2.34. The van der Waals surface area contributed by atoms with E-state index in [0.717, 1.165) is 11.6 Å². The molecular formula is C35H38ClF3N6O2S. The number of nitriles is 1. The summed E-state index contributed by atoms with van der Waals surface area (Å²) in [6, 6.07) is 21.3. The normalized spacial score (nSPS) is 12.2. The van der Waals surface area contributed by atoms with Gasteiger partial charge in [0.05, 0.1) is 37.1 Å². The fourth-order valence-corrected chi connectivity index (χ4v) is 5.32. The van der Waals surface area contributed by atoms with E-state index in [0.29, 0.717) is 35.7 Å². The number of nitrogens with zero attached hydrogens (tertiary/aromatic N) is 4. The van der Waals surface area contributed by atoms with Crippen LogP contribution in [-0.2, 0) is 30.5 Å². The molecule has 1 amide bonds. The highest BCUT2D eigenvalue weighted by Crippen LogP contribution is 2.32. The van der Waals surface area contributed by atoms with E-state index in [9.17, 15) is 18.0 Å². The summed E-state index contributed by atoms with van der Waals surface area (Å²) in [5.41, 5.74) is 2.18. The molecule has 0 radical (unpaired) electrons. The lowest BCUT2D eigenvalue weighted by molar-refractivity contribution is -0.138. The maximum Gasteiger partial charge on any atom is 0.416 e. The number of imidazole rings is 1. The van der Waals surface area contributed by atoms with Crippen LogP contribution in [0.4, 0.5) is 18.9 Å². The Hall–Kier alpha value is -4.60. The average molecular weight is 699 g/mol. The molecule has 0 saturated carbocycles. The molecular weight excluding hydrogens is 661 g/mol. The summed E-state index contributed by atoms with van der Waals surface area (Å²) in [7, 11) is 1.55. The van der Waals surface area contributed by atoms with Crippen molar-refractivity contribution < 1.29 is 22.7 Å². The zero-order chi connectivity index (χ0) is 34.0. The number of alkyl halides is 3. The molecule has 1 heterocycles. The number of rotatable bonds is 13. The Balaban J connectivity index is 0.00000625. The molecule has 0 saturated heterocycles. The van der Waals surface area contributed by atoms with Crippen molar-refractivity contribution in [1.82, 2.24) is 19.8 Å². The van der Waals surface area contributed by atoms with E-state index >= 15 is 0 Å². The minimum Gasteiger partial charge on any atom is -0.497 e. The highest BCUT2D eigenvalue weighted by molar-refractivity contribution is 7.80. The largest absolute Gasteiger partial charge is 0.497 e. The molecule has 0 aliphatic heterocycles. The Morgan fingerprint density at radius 1 is 1.10 bits per heavy atom. The molecule has 13 heteroatoms. The molecule has 2 atom stereocenters. The Morgan fingerprint density at radius 3 is 2.42 bits per heavy atom. The molecule has 2 N–H and O–H groups in total.